The quantitative estimate of drug-likeness (QED) is 0.223. The molecule has 1 aromatic heterocycles. The number of halogens is 2. The molecule has 0 spiro atoms. The molecule has 1 atom stereocenters. The third-order valence-corrected chi connectivity index (χ3v) is 4.87. The molecule has 2 aromatic carbocycles. The molecule has 6 nitrogen and oxygen atoms in total. The van der Waals surface area contributed by atoms with Gasteiger partial charge in [0.05, 0.1) is 13.1 Å². The lowest BCUT2D eigenvalue weighted by Crippen LogP contribution is -2.41. The van der Waals surface area contributed by atoms with Gasteiger partial charge < -0.3 is 19.9 Å². The number of hydrogen-bond donors (Lipinski definition) is 2. The Morgan fingerprint density at radius 1 is 1.12 bits per heavy atom. The highest BCUT2D eigenvalue weighted by Gasteiger charge is 2.10. The van der Waals surface area contributed by atoms with Crippen molar-refractivity contribution in [2.24, 2.45) is 4.99 Å². The highest BCUT2D eigenvalue weighted by Crippen LogP contribution is 2.16. The molecule has 0 aliphatic heterocycles. The minimum Gasteiger partial charge on any atom is -0.486 e. The molecule has 0 fully saturated rings. The molecule has 0 saturated heterocycles. The number of aryl methyl sites for hydroxylation is 2. The molecule has 3 aromatic rings. The molecular formula is C24H31FIN5O. The molecule has 2 N–H and O–H groups in total. The molecule has 1 unspecified atom stereocenters. The number of guanidine groups is 1. The Labute approximate surface area is 206 Å². The van der Waals surface area contributed by atoms with Crippen LogP contribution in [-0.2, 0) is 19.5 Å². The van der Waals surface area contributed by atoms with E-state index in [1.807, 2.05) is 25.4 Å². The number of benzene rings is 2. The molecule has 0 radical (unpaired) electrons. The van der Waals surface area contributed by atoms with Gasteiger partial charge in [0.15, 0.2) is 17.5 Å². The van der Waals surface area contributed by atoms with E-state index in [-0.39, 0.29) is 41.6 Å². The lowest BCUT2D eigenvalue weighted by Gasteiger charge is -2.18. The van der Waals surface area contributed by atoms with E-state index in [0.717, 1.165) is 25.2 Å². The summed E-state index contributed by atoms with van der Waals surface area (Å²) in [6.07, 6.45) is 5.68. The highest BCUT2D eigenvalue weighted by molar-refractivity contribution is 14.0. The molecule has 0 amide bonds. The predicted molar refractivity (Wildman–Crippen MR) is 137 cm³/mol. The number of nitrogens with one attached hydrogen (secondary N) is 2. The second-order valence-corrected chi connectivity index (χ2v) is 7.29. The van der Waals surface area contributed by atoms with Crippen molar-refractivity contribution in [1.29, 1.82) is 0 Å². The second-order valence-electron chi connectivity index (χ2n) is 7.29. The van der Waals surface area contributed by atoms with Crippen LogP contribution in [0.25, 0.3) is 0 Å². The maximum atomic E-state index is 13.7. The second kappa shape index (κ2) is 13.7. The normalized spacial score (nSPS) is 12.0. The van der Waals surface area contributed by atoms with E-state index in [0.29, 0.717) is 19.0 Å². The van der Waals surface area contributed by atoms with Crippen LogP contribution in [0.5, 0.6) is 5.75 Å². The number of imidazole rings is 1. The number of rotatable bonds is 10. The Balaban J connectivity index is 0.00000363. The average Bonchev–Trinajstić information content (AvgIpc) is 3.23. The summed E-state index contributed by atoms with van der Waals surface area (Å²) in [6.45, 7) is 3.83. The van der Waals surface area contributed by atoms with Crippen molar-refractivity contribution in [1.82, 2.24) is 20.2 Å². The van der Waals surface area contributed by atoms with Crippen LogP contribution in [0.1, 0.15) is 24.7 Å². The minimum atomic E-state index is -0.365. The first-order valence-electron chi connectivity index (χ1n) is 10.6. The van der Waals surface area contributed by atoms with Gasteiger partial charge in [-0.05, 0) is 37.5 Å². The van der Waals surface area contributed by atoms with Crippen LogP contribution in [0.15, 0.2) is 72.0 Å². The van der Waals surface area contributed by atoms with Gasteiger partial charge in [-0.2, -0.15) is 0 Å². The highest BCUT2D eigenvalue weighted by atomic mass is 127. The lowest BCUT2D eigenvalue weighted by molar-refractivity contribution is 0.214. The standard InChI is InChI=1S/C24H30FN5O.HI/c1-19(31-22-13-7-6-12-21(22)25)17-28-24(26-2)29-18-23-27-14-16-30(23)15-8-11-20-9-4-3-5-10-20;/h3-7,9-10,12-14,16,19H,8,11,15,17-18H2,1-2H3,(H2,26,28,29);1H. The van der Waals surface area contributed by atoms with Crippen LogP contribution in [0.4, 0.5) is 4.39 Å². The molecule has 1 heterocycles. The molecule has 32 heavy (non-hydrogen) atoms. The summed E-state index contributed by atoms with van der Waals surface area (Å²) in [7, 11) is 1.71. The van der Waals surface area contributed by atoms with Gasteiger partial charge in [-0.25, -0.2) is 9.37 Å². The van der Waals surface area contributed by atoms with Crippen molar-refractivity contribution in [2.75, 3.05) is 13.6 Å². The van der Waals surface area contributed by atoms with Gasteiger partial charge >= 0.3 is 0 Å². The van der Waals surface area contributed by atoms with Crippen LogP contribution in [0, 0.1) is 5.82 Å². The fourth-order valence-corrected chi connectivity index (χ4v) is 3.23. The number of ether oxygens (including phenoxy) is 1. The number of para-hydroxylation sites is 1. The fourth-order valence-electron chi connectivity index (χ4n) is 3.23. The zero-order valence-corrected chi connectivity index (χ0v) is 20.8. The van der Waals surface area contributed by atoms with Gasteiger partial charge in [0.1, 0.15) is 11.9 Å². The average molecular weight is 551 g/mol. The van der Waals surface area contributed by atoms with Crippen molar-refractivity contribution in [2.45, 2.75) is 39.0 Å². The molecule has 8 heteroatoms. The molecule has 0 aliphatic carbocycles. The lowest BCUT2D eigenvalue weighted by atomic mass is 10.1. The summed E-state index contributed by atoms with van der Waals surface area (Å²) >= 11 is 0. The number of aromatic nitrogens is 2. The van der Waals surface area contributed by atoms with Crippen molar-refractivity contribution < 1.29 is 9.13 Å². The van der Waals surface area contributed by atoms with Gasteiger partial charge in [0.25, 0.3) is 0 Å². The van der Waals surface area contributed by atoms with Gasteiger partial charge in [-0.15, -0.1) is 24.0 Å². The largest absolute Gasteiger partial charge is 0.486 e. The third kappa shape index (κ3) is 8.14. The van der Waals surface area contributed by atoms with Gasteiger partial charge in [-0.1, -0.05) is 42.5 Å². The van der Waals surface area contributed by atoms with Crippen LogP contribution in [0.2, 0.25) is 0 Å². The Morgan fingerprint density at radius 2 is 1.88 bits per heavy atom. The van der Waals surface area contributed by atoms with Crippen LogP contribution in [0.3, 0.4) is 0 Å². The molecule has 172 valence electrons. The SMILES string of the molecule is CN=C(NCc1nccn1CCCc1ccccc1)NCC(C)Oc1ccccc1F.I. The van der Waals surface area contributed by atoms with Gasteiger partial charge in [-0.3, -0.25) is 4.99 Å². The molecular weight excluding hydrogens is 520 g/mol. The first kappa shape index (κ1) is 25.6. The number of hydrogen-bond acceptors (Lipinski definition) is 3. The Bertz CT molecular complexity index is 964. The maximum Gasteiger partial charge on any atom is 0.191 e. The third-order valence-electron chi connectivity index (χ3n) is 4.87. The first-order chi connectivity index (χ1) is 15.2. The van der Waals surface area contributed by atoms with Crippen LogP contribution < -0.4 is 15.4 Å². The maximum absolute atomic E-state index is 13.7. The first-order valence-corrected chi connectivity index (χ1v) is 10.6. The van der Waals surface area contributed by atoms with E-state index in [1.165, 1.54) is 11.6 Å². The summed E-state index contributed by atoms with van der Waals surface area (Å²) in [4.78, 5) is 8.70. The number of nitrogens with zero attached hydrogens (tertiary/aromatic N) is 3. The van der Waals surface area contributed by atoms with Crippen molar-refractivity contribution in [3.05, 3.63) is 84.2 Å². The predicted octanol–water partition coefficient (Wildman–Crippen LogP) is 4.41. The van der Waals surface area contributed by atoms with Gasteiger partial charge in [0.2, 0.25) is 0 Å². The smallest absolute Gasteiger partial charge is 0.191 e. The Kier molecular flexibility index (Phi) is 11.0. The minimum absolute atomic E-state index is 0. The van der Waals surface area contributed by atoms with E-state index >= 15 is 0 Å². The van der Waals surface area contributed by atoms with Gasteiger partial charge in [0, 0.05) is 26.0 Å². The van der Waals surface area contributed by atoms with E-state index in [9.17, 15) is 4.39 Å². The molecule has 0 aliphatic rings. The van der Waals surface area contributed by atoms with Crippen LogP contribution in [-0.4, -0.2) is 35.2 Å². The summed E-state index contributed by atoms with van der Waals surface area (Å²) in [5, 5.41) is 6.49. The summed E-state index contributed by atoms with van der Waals surface area (Å²) in [5.74, 6) is 1.47. The zero-order valence-electron chi connectivity index (χ0n) is 18.5. The Morgan fingerprint density at radius 3 is 2.62 bits per heavy atom. The van der Waals surface area contributed by atoms with Crippen molar-refractivity contribution in [3.8, 4) is 5.75 Å². The number of aliphatic imine (C=N–C) groups is 1. The fraction of sp³-hybridized carbons (Fsp3) is 0.333. The van der Waals surface area contributed by atoms with Crippen molar-refractivity contribution >= 4 is 29.9 Å². The Hall–Kier alpha value is -2.62. The summed E-state index contributed by atoms with van der Waals surface area (Å²) in [6, 6.07) is 16.9. The van der Waals surface area contributed by atoms with Crippen molar-refractivity contribution in [3.63, 3.8) is 0 Å². The van der Waals surface area contributed by atoms with Crippen LogP contribution >= 0.6 is 24.0 Å². The zero-order chi connectivity index (χ0) is 21.9. The topological polar surface area (TPSA) is 63.5 Å². The van der Waals surface area contributed by atoms with E-state index in [1.54, 1.807) is 25.2 Å². The summed E-state index contributed by atoms with van der Waals surface area (Å²) < 4.78 is 21.5. The van der Waals surface area contributed by atoms with E-state index < -0.39 is 0 Å². The van der Waals surface area contributed by atoms with E-state index in [2.05, 4.69) is 49.4 Å². The monoisotopic (exact) mass is 551 g/mol. The molecule has 0 saturated carbocycles. The molecule has 3 rings (SSSR count). The summed E-state index contributed by atoms with van der Waals surface area (Å²) in [5.41, 5.74) is 1.35. The molecule has 0 bridgehead atoms. The van der Waals surface area contributed by atoms with E-state index in [4.69, 9.17) is 4.74 Å².